The van der Waals surface area contributed by atoms with E-state index in [1.165, 1.54) is 16.9 Å². The van der Waals surface area contributed by atoms with Crippen molar-refractivity contribution in [3.63, 3.8) is 0 Å². The van der Waals surface area contributed by atoms with Gasteiger partial charge in [0.05, 0.1) is 4.88 Å². The molecule has 2 aromatic heterocycles. The zero-order valence-electron chi connectivity index (χ0n) is 15.6. The number of hydrogen-bond acceptors (Lipinski definition) is 5. The van der Waals surface area contributed by atoms with Gasteiger partial charge in [-0.25, -0.2) is 4.98 Å². The lowest BCUT2D eigenvalue weighted by Crippen LogP contribution is -2.53. The van der Waals surface area contributed by atoms with Crippen LogP contribution in [0.2, 0.25) is 0 Å². The minimum Gasteiger partial charge on any atom is -0.353 e. The van der Waals surface area contributed by atoms with E-state index in [1.807, 2.05) is 17.5 Å². The molecule has 2 amide bonds. The lowest BCUT2D eigenvalue weighted by molar-refractivity contribution is -0.122. The molecule has 0 atom stereocenters. The van der Waals surface area contributed by atoms with Crippen molar-refractivity contribution in [1.82, 2.24) is 15.6 Å². The van der Waals surface area contributed by atoms with Crippen LogP contribution in [0.25, 0.3) is 0 Å². The van der Waals surface area contributed by atoms with Crippen LogP contribution in [0.3, 0.4) is 0 Å². The highest BCUT2D eigenvalue weighted by molar-refractivity contribution is 7.12. The van der Waals surface area contributed by atoms with Crippen LogP contribution >= 0.6 is 11.3 Å². The molecule has 0 aliphatic heterocycles. The Morgan fingerprint density at radius 2 is 1.86 bits per heavy atom. The Kier molecular flexibility index (Phi) is 5.52. The molecular weight excluding hydrogens is 374 g/mol. The third-order valence-electron chi connectivity index (χ3n) is 5.37. The number of hydrogen-bond donors (Lipinski definition) is 2. The third kappa shape index (κ3) is 4.30. The molecule has 0 bridgehead atoms. The first-order chi connectivity index (χ1) is 13.6. The second-order valence-electron chi connectivity index (χ2n) is 7.46. The fraction of sp³-hybridized carbons (Fsp3) is 0.429. The van der Waals surface area contributed by atoms with Gasteiger partial charge in [-0.2, -0.15) is 0 Å². The number of aromatic nitrogens is 1. The molecule has 1 saturated carbocycles. The van der Waals surface area contributed by atoms with E-state index in [4.69, 9.17) is 0 Å². The molecule has 0 unspecified atom stereocenters. The van der Waals surface area contributed by atoms with Crippen molar-refractivity contribution >= 4 is 28.9 Å². The predicted octanol–water partition coefficient (Wildman–Crippen LogP) is 2.67. The fourth-order valence-electron chi connectivity index (χ4n) is 3.75. The number of carbonyl (C=O) groups is 3. The molecule has 2 aromatic rings. The maximum atomic E-state index is 12.4. The van der Waals surface area contributed by atoms with Crippen LogP contribution in [0.4, 0.5) is 0 Å². The van der Waals surface area contributed by atoms with E-state index in [9.17, 15) is 14.4 Å². The molecule has 146 valence electrons. The largest absolute Gasteiger partial charge is 0.353 e. The normalized spacial score (nSPS) is 20.1. The van der Waals surface area contributed by atoms with Gasteiger partial charge in [-0.3, -0.25) is 14.4 Å². The average Bonchev–Trinajstić information content (AvgIpc) is 3.35. The number of Topliss-reactive ketones (excluding diaryl/α,β-unsaturated/α-hetero) is 1. The molecule has 2 aliphatic carbocycles. The summed E-state index contributed by atoms with van der Waals surface area (Å²) < 4.78 is 0. The summed E-state index contributed by atoms with van der Waals surface area (Å²) >= 11 is 1.40. The third-order valence-corrected chi connectivity index (χ3v) is 6.29. The van der Waals surface area contributed by atoms with Crippen molar-refractivity contribution in [3.8, 4) is 0 Å². The summed E-state index contributed by atoms with van der Waals surface area (Å²) in [5, 5.41) is 7.79. The Morgan fingerprint density at radius 3 is 2.64 bits per heavy atom. The summed E-state index contributed by atoms with van der Waals surface area (Å²) in [5.41, 5.74) is 2.77. The number of aryl methyl sites for hydroxylation is 2. The van der Waals surface area contributed by atoms with Crippen LogP contribution in [0.15, 0.2) is 29.6 Å². The number of amides is 2. The summed E-state index contributed by atoms with van der Waals surface area (Å²) in [6, 6.07) is 7.52. The fourth-order valence-corrected chi connectivity index (χ4v) is 4.44. The van der Waals surface area contributed by atoms with Gasteiger partial charge in [0.2, 0.25) is 5.91 Å². The molecule has 6 nitrogen and oxygen atoms in total. The van der Waals surface area contributed by atoms with Crippen molar-refractivity contribution in [3.05, 3.63) is 51.5 Å². The van der Waals surface area contributed by atoms with Crippen molar-refractivity contribution in [2.75, 3.05) is 0 Å². The predicted molar refractivity (Wildman–Crippen MR) is 107 cm³/mol. The Labute approximate surface area is 167 Å². The quantitative estimate of drug-likeness (QED) is 0.703. The van der Waals surface area contributed by atoms with Gasteiger partial charge < -0.3 is 10.6 Å². The molecular formula is C21H23N3O3S. The minimum atomic E-state index is -0.147. The molecule has 7 heteroatoms. The maximum absolute atomic E-state index is 12.4. The minimum absolute atomic E-state index is 0.00532. The van der Waals surface area contributed by atoms with E-state index >= 15 is 0 Å². The zero-order chi connectivity index (χ0) is 19.5. The standard InChI is InChI=1S/C21H23N3O3S/c25-18(19-5-2-10-28-19)8-9-20(26)22-14-11-15(12-14)23-21(27)17-7-6-13-3-1-4-16(13)24-17/h2,5-7,10,14-15H,1,3-4,8-9,11-12H2,(H,22,26)(H,23,27). The monoisotopic (exact) mass is 397 g/mol. The SMILES string of the molecule is O=C(CCC(=O)c1cccs1)NC1CC(NC(=O)c2ccc3c(n2)CCC3)C1. The summed E-state index contributed by atoms with van der Waals surface area (Å²) in [4.78, 5) is 41.5. The van der Waals surface area contributed by atoms with Gasteiger partial charge in [0.25, 0.3) is 5.91 Å². The summed E-state index contributed by atoms with van der Waals surface area (Å²) in [7, 11) is 0. The second kappa shape index (κ2) is 8.22. The van der Waals surface area contributed by atoms with Gasteiger partial charge in [-0.15, -0.1) is 11.3 Å². The molecule has 28 heavy (non-hydrogen) atoms. The summed E-state index contributed by atoms with van der Waals surface area (Å²) in [6.45, 7) is 0. The number of carbonyl (C=O) groups excluding carboxylic acids is 3. The molecule has 0 saturated heterocycles. The number of fused-ring (bicyclic) bond motifs is 1. The van der Waals surface area contributed by atoms with Crippen molar-refractivity contribution in [2.45, 2.75) is 57.0 Å². The van der Waals surface area contributed by atoms with E-state index in [0.717, 1.165) is 25.0 Å². The first-order valence-electron chi connectivity index (χ1n) is 9.74. The smallest absolute Gasteiger partial charge is 0.270 e. The number of rotatable bonds is 7. The lowest BCUT2D eigenvalue weighted by atomic mass is 9.86. The number of thiophene rings is 1. The highest BCUT2D eigenvalue weighted by Crippen LogP contribution is 2.22. The highest BCUT2D eigenvalue weighted by Gasteiger charge is 2.32. The van der Waals surface area contributed by atoms with Crippen LogP contribution in [-0.4, -0.2) is 34.7 Å². The average molecular weight is 398 g/mol. The number of pyridine rings is 1. The van der Waals surface area contributed by atoms with Gasteiger partial charge >= 0.3 is 0 Å². The summed E-state index contributed by atoms with van der Waals surface area (Å²) in [5.74, 6) is -0.253. The van der Waals surface area contributed by atoms with Crippen LogP contribution in [0.5, 0.6) is 0 Å². The van der Waals surface area contributed by atoms with E-state index in [1.54, 1.807) is 12.1 Å². The van der Waals surface area contributed by atoms with E-state index < -0.39 is 0 Å². The van der Waals surface area contributed by atoms with Crippen LogP contribution in [-0.2, 0) is 17.6 Å². The molecule has 4 rings (SSSR count). The van der Waals surface area contributed by atoms with Gasteiger partial charge in [-0.1, -0.05) is 12.1 Å². The van der Waals surface area contributed by atoms with Crippen molar-refractivity contribution in [2.24, 2.45) is 0 Å². The summed E-state index contributed by atoms with van der Waals surface area (Å²) in [6.07, 6.45) is 4.95. The molecule has 2 aliphatic rings. The molecule has 0 spiro atoms. The number of ketones is 1. The second-order valence-corrected chi connectivity index (χ2v) is 8.41. The van der Waals surface area contributed by atoms with Gasteiger partial charge in [0.1, 0.15) is 5.69 Å². The maximum Gasteiger partial charge on any atom is 0.270 e. The van der Waals surface area contributed by atoms with Crippen LogP contribution in [0, 0.1) is 0 Å². The van der Waals surface area contributed by atoms with Gasteiger partial charge in [-0.05, 0) is 55.2 Å². The van der Waals surface area contributed by atoms with Crippen LogP contribution < -0.4 is 10.6 Å². The lowest BCUT2D eigenvalue weighted by Gasteiger charge is -2.36. The van der Waals surface area contributed by atoms with Gasteiger partial charge in [0, 0.05) is 30.6 Å². The van der Waals surface area contributed by atoms with Crippen LogP contribution in [0.1, 0.15) is 63.5 Å². The molecule has 0 radical (unpaired) electrons. The van der Waals surface area contributed by atoms with Crippen molar-refractivity contribution in [1.29, 1.82) is 0 Å². The van der Waals surface area contributed by atoms with E-state index in [0.29, 0.717) is 23.4 Å². The topological polar surface area (TPSA) is 88.2 Å². The molecule has 0 aromatic carbocycles. The molecule has 2 N–H and O–H groups in total. The Bertz CT molecular complexity index is 888. The Morgan fingerprint density at radius 1 is 1.04 bits per heavy atom. The van der Waals surface area contributed by atoms with E-state index in [2.05, 4.69) is 15.6 Å². The number of nitrogens with zero attached hydrogens (tertiary/aromatic N) is 1. The van der Waals surface area contributed by atoms with Crippen molar-refractivity contribution < 1.29 is 14.4 Å². The molecule has 2 heterocycles. The number of nitrogens with one attached hydrogen (secondary N) is 2. The highest BCUT2D eigenvalue weighted by atomic mass is 32.1. The first kappa shape index (κ1) is 18.8. The Hall–Kier alpha value is -2.54. The Balaban J connectivity index is 1.17. The first-order valence-corrected chi connectivity index (χ1v) is 10.6. The molecule has 1 fully saturated rings. The zero-order valence-corrected chi connectivity index (χ0v) is 16.4. The van der Waals surface area contributed by atoms with E-state index in [-0.39, 0.29) is 42.5 Å². The van der Waals surface area contributed by atoms with Gasteiger partial charge in [0.15, 0.2) is 5.78 Å².